The summed E-state index contributed by atoms with van der Waals surface area (Å²) in [5.74, 6) is 0.998. The highest BCUT2D eigenvalue weighted by Crippen LogP contribution is 2.26. The van der Waals surface area contributed by atoms with Crippen LogP contribution in [0.3, 0.4) is 0 Å². The van der Waals surface area contributed by atoms with Crippen LogP contribution in [0.25, 0.3) is 0 Å². The van der Waals surface area contributed by atoms with Crippen molar-refractivity contribution in [3.63, 3.8) is 0 Å². The van der Waals surface area contributed by atoms with Crippen molar-refractivity contribution in [2.45, 2.75) is 18.9 Å². The smallest absolute Gasteiger partial charge is 0.222 e. The quantitative estimate of drug-likeness (QED) is 0.862. The van der Waals surface area contributed by atoms with Gasteiger partial charge in [-0.1, -0.05) is 11.6 Å². The third-order valence-corrected chi connectivity index (χ3v) is 3.58. The van der Waals surface area contributed by atoms with E-state index in [-0.39, 0.29) is 5.95 Å². The fourth-order valence-corrected chi connectivity index (χ4v) is 2.40. The Morgan fingerprint density at radius 1 is 1.47 bits per heavy atom. The molecule has 1 aliphatic rings. The third kappa shape index (κ3) is 2.79. The van der Waals surface area contributed by atoms with Crippen LogP contribution < -0.4 is 10.6 Å². The Kier molecular flexibility index (Phi) is 3.69. The molecule has 0 aliphatic carbocycles. The Morgan fingerprint density at radius 3 is 2.76 bits per heavy atom. The zero-order chi connectivity index (χ0) is 12.4. The highest BCUT2D eigenvalue weighted by Gasteiger charge is 2.23. The molecule has 0 atom stereocenters. The summed E-state index contributed by atoms with van der Waals surface area (Å²) in [6.45, 7) is 2.21. The highest BCUT2D eigenvalue weighted by atomic mass is 35.5. The molecule has 1 saturated heterocycles. The van der Waals surface area contributed by atoms with Gasteiger partial charge in [0.25, 0.3) is 0 Å². The van der Waals surface area contributed by atoms with Crippen LogP contribution in [0.5, 0.6) is 0 Å². The van der Waals surface area contributed by atoms with Crippen LogP contribution in [0.15, 0.2) is 6.20 Å². The van der Waals surface area contributed by atoms with Gasteiger partial charge in [-0.05, 0) is 33.0 Å². The van der Waals surface area contributed by atoms with Gasteiger partial charge in [0.1, 0.15) is 5.02 Å². The predicted molar refractivity (Wildman–Crippen MR) is 70.4 cm³/mol. The van der Waals surface area contributed by atoms with Crippen LogP contribution in [0.2, 0.25) is 5.02 Å². The van der Waals surface area contributed by atoms with Crippen molar-refractivity contribution >= 4 is 23.4 Å². The molecule has 6 heteroatoms. The molecule has 1 aromatic heterocycles. The lowest BCUT2D eigenvalue weighted by atomic mass is 10.0. The van der Waals surface area contributed by atoms with E-state index in [1.54, 1.807) is 6.20 Å². The molecule has 0 radical (unpaired) electrons. The Hall–Kier alpha value is -1.07. The Balaban J connectivity index is 2.13. The van der Waals surface area contributed by atoms with Gasteiger partial charge in [0.05, 0.1) is 6.20 Å². The van der Waals surface area contributed by atoms with E-state index in [2.05, 4.69) is 26.8 Å². The first-order valence-corrected chi connectivity index (χ1v) is 6.15. The zero-order valence-corrected chi connectivity index (χ0v) is 11.0. The fourth-order valence-electron chi connectivity index (χ4n) is 2.17. The Labute approximate surface area is 107 Å². The molecule has 0 aromatic carbocycles. The normalized spacial score (nSPS) is 18.3. The summed E-state index contributed by atoms with van der Waals surface area (Å²) in [6.07, 6.45) is 3.80. The first-order valence-electron chi connectivity index (χ1n) is 5.77. The first kappa shape index (κ1) is 12.4. The third-order valence-electron chi connectivity index (χ3n) is 3.31. The average molecular weight is 256 g/mol. The summed E-state index contributed by atoms with van der Waals surface area (Å²) in [4.78, 5) is 12.5. The SMILES string of the molecule is CN1CCC(N(C)c2nc(N)ncc2Cl)CC1. The minimum Gasteiger partial charge on any atom is -0.368 e. The van der Waals surface area contributed by atoms with Crippen molar-refractivity contribution in [3.05, 3.63) is 11.2 Å². The first-order chi connectivity index (χ1) is 8.08. The molecule has 94 valence electrons. The van der Waals surface area contributed by atoms with Crippen molar-refractivity contribution in [1.82, 2.24) is 14.9 Å². The number of anilines is 2. The number of piperidine rings is 1. The van der Waals surface area contributed by atoms with Crippen LogP contribution in [-0.4, -0.2) is 48.1 Å². The molecular formula is C11H18ClN5. The van der Waals surface area contributed by atoms with Gasteiger partial charge in [-0.3, -0.25) is 0 Å². The Bertz CT molecular complexity index is 389. The van der Waals surface area contributed by atoms with Gasteiger partial charge in [0.15, 0.2) is 5.82 Å². The number of aromatic nitrogens is 2. The molecule has 0 unspecified atom stereocenters. The van der Waals surface area contributed by atoms with Crippen molar-refractivity contribution < 1.29 is 0 Å². The second-order valence-electron chi connectivity index (χ2n) is 4.55. The maximum atomic E-state index is 6.11. The van der Waals surface area contributed by atoms with E-state index in [4.69, 9.17) is 17.3 Å². The van der Waals surface area contributed by atoms with Crippen molar-refractivity contribution in [2.24, 2.45) is 0 Å². The number of likely N-dealkylation sites (tertiary alicyclic amines) is 1. The lowest BCUT2D eigenvalue weighted by molar-refractivity contribution is 0.252. The minimum atomic E-state index is 0.268. The number of nitrogen functional groups attached to an aromatic ring is 1. The largest absolute Gasteiger partial charge is 0.368 e. The zero-order valence-electron chi connectivity index (χ0n) is 10.2. The van der Waals surface area contributed by atoms with Gasteiger partial charge in [0.2, 0.25) is 5.95 Å². The van der Waals surface area contributed by atoms with Gasteiger partial charge in [-0.2, -0.15) is 4.98 Å². The molecule has 1 fully saturated rings. The molecule has 2 heterocycles. The molecular weight excluding hydrogens is 238 g/mol. The molecule has 5 nitrogen and oxygen atoms in total. The molecule has 1 aromatic rings. The molecule has 0 amide bonds. The maximum absolute atomic E-state index is 6.11. The number of hydrogen-bond donors (Lipinski definition) is 1. The summed E-state index contributed by atoms with van der Waals surface area (Å²) in [7, 11) is 4.16. The van der Waals surface area contributed by atoms with Gasteiger partial charge in [-0.15, -0.1) is 0 Å². The monoisotopic (exact) mass is 255 g/mol. The molecule has 1 aliphatic heterocycles. The molecule has 0 bridgehead atoms. The van der Waals surface area contributed by atoms with Crippen LogP contribution in [0, 0.1) is 0 Å². The van der Waals surface area contributed by atoms with Gasteiger partial charge < -0.3 is 15.5 Å². The summed E-state index contributed by atoms with van der Waals surface area (Å²) in [5, 5.41) is 0.556. The van der Waals surface area contributed by atoms with E-state index < -0.39 is 0 Å². The summed E-state index contributed by atoms with van der Waals surface area (Å²) >= 11 is 6.11. The summed E-state index contributed by atoms with van der Waals surface area (Å²) in [6, 6.07) is 0.470. The van der Waals surface area contributed by atoms with E-state index >= 15 is 0 Å². The van der Waals surface area contributed by atoms with Gasteiger partial charge in [0, 0.05) is 13.1 Å². The second-order valence-corrected chi connectivity index (χ2v) is 4.95. The molecule has 0 saturated carbocycles. The van der Waals surface area contributed by atoms with Crippen LogP contribution in [0.1, 0.15) is 12.8 Å². The van der Waals surface area contributed by atoms with Crippen LogP contribution in [0.4, 0.5) is 11.8 Å². The van der Waals surface area contributed by atoms with Gasteiger partial charge in [-0.25, -0.2) is 4.98 Å². The number of rotatable bonds is 2. The van der Waals surface area contributed by atoms with E-state index in [1.165, 1.54) is 0 Å². The minimum absolute atomic E-state index is 0.268. The van der Waals surface area contributed by atoms with Crippen LogP contribution >= 0.6 is 11.6 Å². The fraction of sp³-hybridized carbons (Fsp3) is 0.636. The lowest BCUT2D eigenvalue weighted by Crippen LogP contribution is -2.42. The average Bonchev–Trinajstić information content (AvgIpc) is 2.32. The highest BCUT2D eigenvalue weighted by molar-refractivity contribution is 6.32. The molecule has 17 heavy (non-hydrogen) atoms. The van der Waals surface area contributed by atoms with Crippen LogP contribution in [-0.2, 0) is 0 Å². The maximum Gasteiger partial charge on any atom is 0.222 e. The van der Waals surface area contributed by atoms with Gasteiger partial charge >= 0.3 is 0 Å². The molecule has 2 rings (SSSR count). The van der Waals surface area contributed by atoms with Crippen molar-refractivity contribution in [2.75, 3.05) is 37.8 Å². The Morgan fingerprint density at radius 2 is 2.12 bits per heavy atom. The van der Waals surface area contributed by atoms with Crippen molar-refractivity contribution in [3.8, 4) is 0 Å². The van der Waals surface area contributed by atoms with E-state index in [0.717, 1.165) is 31.7 Å². The van der Waals surface area contributed by atoms with E-state index in [0.29, 0.717) is 11.1 Å². The lowest BCUT2D eigenvalue weighted by Gasteiger charge is -2.35. The van der Waals surface area contributed by atoms with E-state index in [9.17, 15) is 0 Å². The number of nitrogens with zero attached hydrogens (tertiary/aromatic N) is 4. The standard InChI is InChI=1S/C11H18ClN5/c1-16-5-3-8(4-6-16)17(2)10-9(12)7-14-11(13)15-10/h7-8H,3-6H2,1-2H3,(H2,13,14,15). The predicted octanol–water partition coefficient (Wildman–Crippen LogP) is 1.24. The number of halogens is 1. The summed E-state index contributed by atoms with van der Waals surface area (Å²) < 4.78 is 0. The van der Waals surface area contributed by atoms with Crippen molar-refractivity contribution in [1.29, 1.82) is 0 Å². The molecule has 0 spiro atoms. The van der Waals surface area contributed by atoms with E-state index in [1.807, 2.05) is 7.05 Å². The number of hydrogen-bond acceptors (Lipinski definition) is 5. The number of nitrogens with two attached hydrogens (primary N) is 1. The summed E-state index contributed by atoms with van der Waals surface area (Å²) in [5.41, 5.74) is 5.60. The second kappa shape index (κ2) is 5.06. The topological polar surface area (TPSA) is 58.3 Å². The molecule has 2 N–H and O–H groups in total.